The minimum atomic E-state index is -1.07. The number of ether oxygens (including phenoxy) is 1. The van der Waals surface area contributed by atoms with Crippen LogP contribution in [-0.2, 0) is 26.3 Å². The van der Waals surface area contributed by atoms with Crippen molar-refractivity contribution in [1.29, 1.82) is 5.26 Å². The van der Waals surface area contributed by atoms with Crippen molar-refractivity contribution in [1.82, 2.24) is 19.9 Å². The molecule has 3 aromatic rings. The molecule has 3 aliphatic rings. The van der Waals surface area contributed by atoms with Gasteiger partial charge in [0.05, 0.1) is 36.8 Å². The Labute approximate surface area is 232 Å². The van der Waals surface area contributed by atoms with Crippen molar-refractivity contribution in [2.75, 3.05) is 19.0 Å². The van der Waals surface area contributed by atoms with Crippen LogP contribution in [0, 0.1) is 29.2 Å². The van der Waals surface area contributed by atoms with E-state index in [-0.39, 0.29) is 17.7 Å². The molecule has 0 bridgehead atoms. The van der Waals surface area contributed by atoms with Crippen molar-refractivity contribution < 1.29 is 19.4 Å². The van der Waals surface area contributed by atoms with Crippen LogP contribution < -0.4 is 5.32 Å². The third kappa shape index (κ3) is 4.21. The molecule has 10 nitrogen and oxygen atoms in total. The molecule has 6 rings (SSSR count). The van der Waals surface area contributed by atoms with Gasteiger partial charge in [-0.2, -0.15) is 5.26 Å². The van der Waals surface area contributed by atoms with Gasteiger partial charge in [0.25, 0.3) is 0 Å². The molecular formula is C30H32N6O4. The molecule has 2 fully saturated rings. The average molecular weight is 541 g/mol. The Bertz CT molecular complexity index is 1450. The van der Waals surface area contributed by atoms with Gasteiger partial charge in [-0.05, 0) is 49.1 Å². The largest absolute Gasteiger partial charge is 0.469 e. The summed E-state index contributed by atoms with van der Waals surface area (Å²) in [6.07, 6.45) is 5.40. The predicted molar refractivity (Wildman–Crippen MR) is 145 cm³/mol. The van der Waals surface area contributed by atoms with Gasteiger partial charge in [0.1, 0.15) is 5.69 Å². The number of nitrogens with zero attached hydrogens (tertiary/aromatic N) is 5. The summed E-state index contributed by atoms with van der Waals surface area (Å²) in [5, 5.41) is 32.9. The van der Waals surface area contributed by atoms with E-state index in [1.165, 1.54) is 7.11 Å². The molecule has 40 heavy (non-hydrogen) atoms. The van der Waals surface area contributed by atoms with Crippen LogP contribution in [0.3, 0.4) is 0 Å². The molecule has 0 radical (unpaired) electrons. The lowest BCUT2D eigenvalue weighted by Crippen LogP contribution is -2.61. The van der Waals surface area contributed by atoms with Gasteiger partial charge in [-0.1, -0.05) is 53.7 Å². The molecule has 206 valence electrons. The number of benzene rings is 2. The number of fused-ring (bicyclic) bond motifs is 2. The smallest absolute Gasteiger partial charge is 0.311 e. The van der Waals surface area contributed by atoms with Gasteiger partial charge in [-0.25, -0.2) is 0 Å². The van der Waals surface area contributed by atoms with E-state index < -0.39 is 29.4 Å². The minimum absolute atomic E-state index is 0.0453. The first-order valence-corrected chi connectivity index (χ1v) is 13.7. The summed E-state index contributed by atoms with van der Waals surface area (Å²) in [5.41, 5.74) is 2.18. The summed E-state index contributed by atoms with van der Waals surface area (Å²) in [4.78, 5) is 28.6. The second kappa shape index (κ2) is 10.4. The Hall–Kier alpha value is -4.23. The number of amides is 1. The second-order valence-corrected chi connectivity index (χ2v) is 11.1. The number of aliphatic hydroxyl groups excluding tert-OH is 1. The zero-order valence-electron chi connectivity index (χ0n) is 22.3. The molecule has 10 heteroatoms. The second-order valence-electron chi connectivity index (χ2n) is 11.1. The molecule has 0 spiro atoms. The Morgan fingerprint density at radius 2 is 1.98 bits per heavy atom. The van der Waals surface area contributed by atoms with Crippen molar-refractivity contribution in [3.63, 3.8) is 0 Å². The standard InChI is InChI=1S/C30H32N6O4/c1-40-28(38)27-21-15-26(35(18-31)16-20(21)11-12-25(27)37)30(22-9-5-6-10-23(22)32-29(30)39)13-14-36-17-24(33-34-36)19-7-3-2-4-8-19/h2-10,17,20-21,25-27,37H,11-16H2,1H3,(H,32,39)/t20-,21-,25-,26-,27+,30-/m0/s1. The molecule has 6 atom stereocenters. The number of methoxy groups -OCH3 is 1. The maximum Gasteiger partial charge on any atom is 0.311 e. The third-order valence-corrected chi connectivity index (χ3v) is 9.19. The van der Waals surface area contributed by atoms with E-state index in [9.17, 15) is 20.0 Å². The number of aromatic nitrogens is 3. The van der Waals surface area contributed by atoms with Crippen molar-refractivity contribution >= 4 is 17.6 Å². The van der Waals surface area contributed by atoms with Crippen LogP contribution in [0.5, 0.6) is 0 Å². The van der Waals surface area contributed by atoms with Gasteiger partial charge < -0.3 is 20.1 Å². The van der Waals surface area contributed by atoms with Crippen molar-refractivity contribution in [3.8, 4) is 17.5 Å². The molecule has 2 aliphatic heterocycles. The number of hydrogen-bond donors (Lipinski definition) is 2. The van der Waals surface area contributed by atoms with Gasteiger partial charge in [-0.3, -0.25) is 14.3 Å². The number of nitrogens with one attached hydrogen (secondary N) is 1. The van der Waals surface area contributed by atoms with Gasteiger partial charge in [0, 0.05) is 24.3 Å². The lowest BCUT2D eigenvalue weighted by Gasteiger charge is -2.52. The molecule has 1 saturated heterocycles. The average Bonchev–Trinajstić information content (AvgIpc) is 3.58. The number of rotatable bonds is 6. The van der Waals surface area contributed by atoms with E-state index in [0.717, 1.165) is 22.5 Å². The maximum absolute atomic E-state index is 14.0. The molecule has 1 saturated carbocycles. The quantitative estimate of drug-likeness (QED) is 0.360. The highest BCUT2D eigenvalue weighted by Crippen LogP contribution is 2.51. The number of carbonyl (C=O) groups is 2. The normalized spacial score (nSPS) is 29.2. The zero-order valence-corrected chi connectivity index (χ0v) is 22.3. The number of piperidine rings is 1. The molecule has 1 aliphatic carbocycles. The first kappa shape index (κ1) is 26.0. The number of aryl methyl sites for hydroxylation is 1. The third-order valence-electron chi connectivity index (χ3n) is 9.19. The van der Waals surface area contributed by atoms with Gasteiger partial charge >= 0.3 is 5.97 Å². The molecular weight excluding hydrogens is 508 g/mol. The Balaban J connectivity index is 1.38. The summed E-state index contributed by atoms with van der Waals surface area (Å²) in [7, 11) is 1.34. The fraction of sp³-hybridized carbons (Fsp3) is 0.433. The summed E-state index contributed by atoms with van der Waals surface area (Å²) in [6.45, 7) is 0.819. The van der Waals surface area contributed by atoms with E-state index >= 15 is 0 Å². The fourth-order valence-corrected chi connectivity index (χ4v) is 7.26. The lowest BCUT2D eigenvalue weighted by atomic mass is 9.60. The Morgan fingerprint density at radius 1 is 1.20 bits per heavy atom. The van der Waals surface area contributed by atoms with Gasteiger partial charge in [0.15, 0.2) is 6.19 Å². The minimum Gasteiger partial charge on any atom is -0.469 e. The van der Waals surface area contributed by atoms with Crippen LogP contribution in [-0.4, -0.2) is 62.7 Å². The summed E-state index contributed by atoms with van der Waals surface area (Å²) >= 11 is 0. The first-order chi connectivity index (χ1) is 19.5. The predicted octanol–water partition coefficient (Wildman–Crippen LogP) is 2.96. The highest BCUT2D eigenvalue weighted by Gasteiger charge is 2.58. The number of esters is 1. The molecule has 3 heterocycles. The van der Waals surface area contributed by atoms with Gasteiger partial charge in [0.2, 0.25) is 5.91 Å². The SMILES string of the molecule is COC(=O)[C@@H]1[C@H]2C[C@@H]([C@@]3(CCn4cc(-c5ccccc5)nn4)C(=O)Nc4ccccc43)N(C#N)C[C@@H]2CC[C@@H]1O. The summed E-state index contributed by atoms with van der Waals surface area (Å²) < 4.78 is 6.83. The number of carbonyl (C=O) groups excluding carboxylic acids is 2. The Morgan fingerprint density at radius 3 is 2.75 bits per heavy atom. The molecule has 0 unspecified atom stereocenters. The van der Waals surface area contributed by atoms with Crippen LogP contribution in [0.4, 0.5) is 5.69 Å². The highest BCUT2D eigenvalue weighted by molar-refractivity contribution is 6.07. The van der Waals surface area contributed by atoms with Crippen molar-refractivity contribution in [2.24, 2.45) is 17.8 Å². The molecule has 2 aromatic carbocycles. The number of aliphatic hydroxyl groups is 1. The molecule has 1 aromatic heterocycles. The number of nitriles is 1. The number of hydrogen-bond acceptors (Lipinski definition) is 8. The van der Waals surface area contributed by atoms with E-state index in [1.807, 2.05) is 60.8 Å². The van der Waals surface area contributed by atoms with Crippen molar-refractivity contribution in [3.05, 3.63) is 66.4 Å². The number of anilines is 1. The Kier molecular flexibility index (Phi) is 6.76. The van der Waals surface area contributed by atoms with Crippen LogP contribution in [0.2, 0.25) is 0 Å². The van der Waals surface area contributed by atoms with Crippen LogP contribution in [0.1, 0.15) is 31.2 Å². The monoisotopic (exact) mass is 540 g/mol. The van der Waals surface area contributed by atoms with Crippen molar-refractivity contribution in [2.45, 2.75) is 49.8 Å². The zero-order chi connectivity index (χ0) is 27.9. The lowest BCUT2D eigenvalue weighted by molar-refractivity contribution is -0.160. The fourth-order valence-electron chi connectivity index (χ4n) is 7.26. The van der Waals surface area contributed by atoms with Crippen LogP contribution in [0.15, 0.2) is 60.8 Å². The maximum atomic E-state index is 14.0. The molecule has 1 amide bonds. The topological polar surface area (TPSA) is 133 Å². The molecule has 2 N–H and O–H groups in total. The van der Waals surface area contributed by atoms with E-state index in [1.54, 1.807) is 9.58 Å². The van der Waals surface area contributed by atoms with Crippen LogP contribution in [0.25, 0.3) is 11.3 Å². The van der Waals surface area contributed by atoms with E-state index in [0.29, 0.717) is 38.8 Å². The van der Waals surface area contributed by atoms with E-state index in [2.05, 4.69) is 21.8 Å². The van der Waals surface area contributed by atoms with Crippen LogP contribution >= 0.6 is 0 Å². The highest BCUT2D eigenvalue weighted by atomic mass is 16.5. The number of para-hydroxylation sites is 1. The summed E-state index contributed by atoms with van der Waals surface area (Å²) in [5.74, 6) is -1.46. The summed E-state index contributed by atoms with van der Waals surface area (Å²) in [6, 6.07) is 16.9. The first-order valence-electron chi connectivity index (χ1n) is 13.7. The van der Waals surface area contributed by atoms with Gasteiger partial charge in [-0.15, -0.1) is 5.10 Å². The number of likely N-dealkylation sites (tertiary alicyclic amines) is 1. The van der Waals surface area contributed by atoms with E-state index in [4.69, 9.17) is 4.74 Å².